The number of nitrogens with two attached hydrogens (primary N) is 1. The summed E-state index contributed by atoms with van der Waals surface area (Å²) in [7, 11) is 0. The second kappa shape index (κ2) is 5.89. The Morgan fingerprint density at radius 3 is 2.42 bits per heavy atom. The van der Waals surface area contributed by atoms with Crippen LogP contribution in [0.3, 0.4) is 0 Å². The fraction of sp³-hybridized carbons (Fsp3) is 0.778. The van der Waals surface area contributed by atoms with Crippen LogP contribution in [0.1, 0.15) is 39.5 Å². The molecule has 0 bridgehead atoms. The fourth-order valence-electron chi connectivity index (χ4n) is 0.987. The molecule has 1 atom stereocenters. The first-order valence-electron chi connectivity index (χ1n) is 4.29. The van der Waals surface area contributed by atoms with Crippen molar-refractivity contribution in [3.05, 3.63) is 0 Å². The van der Waals surface area contributed by atoms with Crippen LogP contribution in [0.5, 0.6) is 0 Å². The largest absolute Gasteiger partial charge is 0.328 e. The van der Waals surface area contributed by atoms with Crippen molar-refractivity contribution in [2.24, 2.45) is 5.73 Å². The third-order valence-electron chi connectivity index (χ3n) is 1.56. The van der Waals surface area contributed by atoms with Gasteiger partial charge in [-0.2, -0.15) is 0 Å². The smallest absolute Gasteiger partial charge is 0.140 e. The maximum atomic E-state index is 11.0. The summed E-state index contributed by atoms with van der Waals surface area (Å²) < 4.78 is 0. The van der Waals surface area contributed by atoms with Crippen LogP contribution in [-0.4, -0.2) is 17.6 Å². The minimum atomic E-state index is -0.0548. The van der Waals surface area contributed by atoms with Gasteiger partial charge in [0.2, 0.25) is 0 Å². The van der Waals surface area contributed by atoms with E-state index in [0.29, 0.717) is 6.42 Å². The number of carbonyl (C=O) groups is 2. The SMILES string of the molecule is CC(=O)CC(=O)CCCC(C)N. The molecule has 0 fully saturated rings. The van der Waals surface area contributed by atoms with Crippen LogP contribution < -0.4 is 5.73 Å². The van der Waals surface area contributed by atoms with Crippen molar-refractivity contribution in [1.82, 2.24) is 0 Å². The van der Waals surface area contributed by atoms with Gasteiger partial charge in [0.1, 0.15) is 11.6 Å². The molecule has 3 heteroatoms. The summed E-state index contributed by atoms with van der Waals surface area (Å²) in [6.07, 6.45) is 2.22. The Bertz CT molecular complexity index is 164. The summed E-state index contributed by atoms with van der Waals surface area (Å²) in [6.45, 7) is 3.35. The molecule has 0 heterocycles. The Labute approximate surface area is 73.3 Å². The Morgan fingerprint density at radius 2 is 2.00 bits per heavy atom. The first-order valence-corrected chi connectivity index (χ1v) is 4.29. The van der Waals surface area contributed by atoms with E-state index in [0.717, 1.165) is 12.8 Å². The van der Waals surface area contributed by atoms with E-state index in [9.17, 15) is 9.59 Å². The molecule has 0 aliphatic heterocycles. The molecule has 12 heavy (non-hydrogen) atoms. The van der Waals surface area contributed by atoms with Crippen molar-refractivity contribution in [3.63, 3.8) is 0 Å². The third kappa shape index (κ3) is 7.41. The van der Waals surface area contributed by atoms with E-state index >= 15 is 0 Å². The standard InChI is InChI=1S/C9H17NO2/c1-7(10)4-3-5-9(12)6-8(2)11/h7H,3-6,10H2,1-2H3. The molecule has 1 unspecified atom stereocenters. The van der Waals surface area contributed by atoms with Crippen molar-refractivity contribution < 1.29 is 9.59 Å². The zero-order valence-electron chi connectivity index (χ0n) is 7.80. The van der Waals surface area contributed by atoms with Gasteiger partial charge in [0.25, 0.3) is 0 Å². The van der Waals surface area contributed by atoms with Gasteiger partial charge in [-0.1, -0.05) is 0 Å². The van der Waals surface area contributed by atoms with Crippen LogP contribution in [0.25, 0.3) is 0 Å². The second-order valence-corrected chi connectivity index (χ2v) is 3.29. The van der Waals surface area contributed by atoms with Crippen molar-refractivity contribution >= 4 is 11.6 Å². The number of hydrogen-bond donors (Lipinski definition) is 1. The summed E-state index contributed by atoms with van der Waals surface area (Å²) in [5.41, 5.74) is 5.50. The van der Waals surface area contributed by atoms with Gasteiger partial charge in [0.15, 0.2) is 0 Å². The average molecular weight is 171 g/mol. The summed E-state index contributed by atoms with van der Waals surface area (Å²) in [5.74, 6) is -0.0241. The highest BCUT2D eigenvalue weighted by molar-refractivity contribution is 5.97. The first-order chi connectivity index (χ1) is 5.52. The molecule has 0 saturated heterocycles. The summed E-state index contributed by atoms with van der Waals surface area (Å²) >= 11 is 0. The molecule has 0 saturated carbocycles. The molecule has 3 nitrogen and oxygen atoms in total. The highest BCUT2D eigenvalue weighted by Gasteiger charge is 2.05. The van der Waals surface area contributed by atoms with Crippen LogP contribution >= 0.6 is 0 Å². The van der Waals surface area contributed by atoms with Crippen LogP contribution in [0.4, 0.5) is 0 Å². The summed E-state index contributed by atoms with van der Waals surface area (Å²) in [4.78, 5) is 21.5. The van der Waals surface area contributed by atoms with Crippen molar-refractivity contribution in [2.45, 2.75) is 45.6 Å². The number of rotatable bonds is 6. The van der Waals surface area contributed by atoms with Gasteiger partial charge in [-0.3, -0.25) is 9.59 Å². The van der Waals surface area contributed by atoms with Crippen LogP contribution in [0, 0.1) is 0 Å². The van der Waals surface area contributed by atoms with Gasteiger partial charge in [-0.15, -0.1) is 0 Å². The van der Waals surface area contributed by atoms with Crippen LogP contribution in [0.15, 0.2) is 0 Å². The topological polar surface area (TPSA) is 60.2 Å². The monoisotopic (exact) mass is 171 g/mol. The number of hydrogen-bond acceptors (Lipinski definition) is 3. The minimum Gasteiger partial charge on any atom is -0.328 e. The summed E-state index contributed by atoms with van der Waals surface area (Å²) in [6, 6.07) is 0.148. The molecular weight excluding hydrogens is 154 g/mol. The van der Waals surface area contributed by atoms with E-state index in [1.165, 1.54) is 6.92 Å². The Balaban J connectivity index is 3.38. The maximum Gasteiger partial charge on any atom is 0.140 e. The Morgan fingerprint density at radius 1 is 1.42 bits per heavy atom. The fourth-order valence-corrected chi connectivity index (χ4v) is 0.987. The predicted octanol–water partition coefficient (Wildman–Crippen LogP) is 1.05. The van der Waals surface area contributed by atoms with Gasteiger partial charge in [0, 0.05) is 12.5 Å². The predicted molar refractivity (Wildman–Crippen MR) is 47.8 cm³/mol. The normalized spacial score (nSPS) is 12.6. The maximum absolute atomic E-state index is 11.0. The minimum absolute atomic E-state index is 0.0307. The Hall–Kier alpha value is -0.700. The summed E-state index contributed by atoms with van der Waals surface area (Å²) in [5, 5.41) is 0. The highest BCUT2D eigenvalue weighted by Crippen LogP contribution is 2.01. The van der Waals surface area contributed by atoms with Crippen molar-refractivity contribution in [1.29, 1.82) is 0 Å². The number of Topliss-reactive ketones (excluding diaryl/α,β-unsaturated/α-hetero) is 2. The number of ketones is 2. The zero-order valence-corrected chi connectivity index (χ0v) is 7.80. The molecular formula is C9H17NO2. The van der Waals surface area contributed by atoms with Crippen LogP contribution in [-0.2, 0) is 9.59 Å². The zero-order chi connectivity index (χ0) is 9.56. The lowest BCUT2D eigenvalue weighted by molar-refractivity contribution is -0.125. The van der Waals surface area contributed by atoms with Crippen molar-refractivity contribution in [2.75, 3.05) is 0 Å². The molecule has 2 N–H and O–H groups in total. The van der Waals surface area contributed by atoms with E-state index in [4.69, 9.17) is 5.73 Å². The van der Waals surface area contributed by atoms with Gasteiger partial charge in [0.05, 0.1) is 6.42 Å². The molecule has 0 rings (SSSR count). The lowest BCUT2D eigenvalue weighted by Gasteiger charge is -2.02. The van der Waals surface area contributed by atoms with E-state index in [-0.39, 0.29) is 24.0 Å². The molecule has 0 aliphatic carbocycles. The van der Waals surface area contributed by atoms with E-state index in [2.05, 4.69) is 0 Å². The van der Waals surface area contributed by atoms with Gasteiger partial charge >= 0.3 is 0 Å². The third-order valence-corrected chi connectivity index (χ3v) is 1.56. The van der Waals surface area contributed by atoms with E-state index in [1.54, 1.807) is 0 Å². The van der Waals surface area contributed by atoms with Gasteiger partial charge < -0.3 is 5.73 Å². The molecule has 0 aromatic heterocycles. The lowest BCUT2D eigenvalue weighted by atomic mass is 10.1. The average Bonchev–Trinajstić information content (AvgIpc) is 1.84. The molecule has 0 spiro atoms. The van der Waals surface area contributed by atoms with Gasteiger partial charge in [-0.05, 0) is 26.7 Å². The molecule has 70 valence electrons. The quantitative estimate of drug-likeness (QED) is 0.608. The lowest BCUT2D eigenvalue weighted by Crippen LogP contribution is -2.15. The second-order valence-electron chi connectivity index (χ2n) is 3.29. The van der Waals surface area contributed by atoms with E-state index in [1.807, 2.05) is 6.92 Å². The molecule has 0 aliphatic rings. The first kappa shape index (κ1) is 11.3. The molecule has 0 amide bonds. The van der Waals surface area contributed by atoms with Gasteiger partial charge in [-0.25, -0.2) is 0 Å². The molecule has 0 aromatic carbocycles. The highest BCUT2D eigenvalue weighted by atomic mass is 16.1. The molecule has 0 aromatic rings. The van der Waals surface area contributed by atoms with E-state index < -0.39 is 0 Å². The van der Waals surface area contributed by atoms with Crippen LogP contribution in [0.2, 0.25) is 0 Å². The molecule has 0 radical (unpaired) electrons. The Kier molecular flexibility index (Phi) is 5.54. The van der Waals surface area contributed by atoms with Crippen molar-refractivity contribution in [3.8, 4) is 0 Å². The number of carbonyl (C=O) groups excluding carboxylic acids is 2.